The van der Waals surface area contributed by atoms with E-state index < -0.39 is 24.3 Å². The fourth-order valence-corrected chi connectivity index (χ4v) is 3.74. The van der Waals surface area contributed by atoms with Crippen LogP contribution in [0.1, 0.15) is 32.4 Å². The van der Waals surface area contributed by atoms with Crippen LogP contribution in [0.5, 0.6) is 0 Å². The largest absolute Gasteiger partial charge is 0.395 e. The maximum absolute atomic E-state index is 10.6. The first kappa shape index (κ1) is 16.6. The van der Waals surface area contributed by atoms with Gasteiger partial charge in [0.25, 0.3) is 0 Å². The molecule has 126 valence electrons. The van der Waals surface area contributed by atoms with Gasteiger partial charge in [-0.2, -0.15) is 0 Å². The maximum atomic E-state index is 10.6. The van der Waals surface area contributed by atoms with Gasteiger partial charge in [0.15, 0.2) is 5.15 Å². The fourth-order valence-electron chi connectivity index (χ4n) is 3.55. The molecule has 0 amide bonds. The smallest absolute Gasteiger partial charge is 0.156 e. The lowest BCUT2D eigenvalue weighted by molar-refractivity contribution is 0.00826. The summed E-state index contributed by atoms with van der Waals surface area (Å²) in [4.78, 5) is 13.2. The van der Waals surface area contributed by atoms with Crippen molar-refractivity contribution >= 4 is 22.6 Å². The average molecular weight is 341 g/mol. The first-order valence-electron chi connectivity index (χ1n) is 7.50. The van der Waals surface area contributed by atoms with E-state index in [-0.39, 0.29) is 12.1 Å². The third kappa shape index (κ3) is 2.53. The molecule has 0 bridgehead atoms. The first-order valence-corrected chi connectivity index (χ1v) is 7.88. The van der Waals surface area contributed by atoms with Gasteiger partial charge in [-0.1, -0.05) is 11.6 Å². The number of fused-ring (bicyclic) bond motifs is 1. The number of aromatic amines is 1. The van der Waals surface area contributed by atoms with Crippen LogP contribution in [-0.4, -0.2) is 65.6 Å². The van der Waals surface area contributed by atoms with Crippen LogP contribution in [0.15, 0.2) is 12.5 Å². The van der Waals surface area contributed by atoms with Crippen molar-refractivity contribution in [2.24, 2.45) is 0 Å². The van der Waals surface area contributed by atoms with Crippen molar-refractivity contribution in [2.45, 2.75) is 50.6 Å². The molecule has 2 aromatic rings. The summed E-state index contributed by atoms with van der Waals surface area (Å²) in [5.74, 6) is 0. The lowest BCUT2D eigenvalue weighted by Gasteiger charge is -2.40. The van der Waals surface area contributed by atoms with Crippen LogP contribution in [0.3, 0.4) is 0 Å². The Morgan fingerprint density at radius 1 is 1.26 bits per heavy atom. The third-order valence-corrected chi connectivity index (χ3v) is 4.74. The highest BCUT2D eigenvalue weighted by Gasteiger charge is 2.52. The number of halogens is 1. The number of likely N-dealkylation sites (tertiary alicyclic amines) is 1. The molecular formula is C15H21ClN4O3. The SMILES string of the molecule is CC(C)(C)N1[C@H](CO)[C@@H](O)[C@@H](O)[C@@H]1c1c[nH]c2c(Cl)ncnc12. The van der Waals surface area contributed by atoms with E-state index in [1.165, 1.54) is 6.33 Å². The molecule has 0 spiro atoms. The van der Waals surface area contributed by atoms with Crippen LogP contribution in [0.25, 0.3) is 11.0 Å². The molecule has 3 heterocycles. The third-order valence-electron chi connectivity index (χ3n) is 4.45. The van der Waals surface area contributed by atoms with Gasteiger partial charge < -0.3 is 20.3 Å². The van der Waals surface area contributed by atoms with Crippen molar-refractivity contribution in [3.8, 4) is 0 Å². The molecule has 0 saturated carbocycles. The van der Waals surface area contributed by atoms with E-state index in [2.05, 4.69) is 15.0 Å². The van der Waals surface area contributed by atoms with Crippen LogP contribution in [0.2, 0.25) is 5.15 Å². The summed E-state index contributed by atoms with van der Waals surface area (Å²) in [6.07, 6.45) is 1.00. The fraction of sp³-hybridized carbons (Fsp3) is 0.600. The Morgan fingerprint density at radius 3 is 2.57 bits per heavy atom. The Bertz CT molecular complexity index is 714. The van der Waals surface area contributed by atoms with Crippen molar-refractivity contribution in [1.29, 1.82) is 0 Å². The van der Waals surface area contributed by atoms with E-state index in [9.17, 15) is 15.3 Å². The minimum absolute atomic E-state index is 0.246. The summed E-state index contributed by atoms with van der Waals surface area (Å²) in [5.41, 5.74) is 1.54. The quantitative estimate of drug-likeness (QED) is 0.604. The molecule has 3 rings (SSSR count). The summed E-state index contributed by atoms with van der Waals surface area (Å²) in [7, 11) is 0. The van der Waals surface area contributed by atoms with Crippen molar-refractivity contribution in [3.05, 3.63) is 23.2 Å². The summed E-state index contributed by atoms with van der Waals surface area (Å²) in [5, 5.41) is 31.0. The van der Waals surface area contributed by atoms with Gasteiger partial charge in [-0.05, 0) is 20.8 Å². The van der Waals surface area contributed by atoms with E-state index >= 15 is 0 Å². The zero-order valence-electron chi connectivity index (χ0n) is 13.2. The summed E-state index contributed by atoms with van der Waals surface area (Å²) < 4.78 is 0. The zero-order chi connectivity index (χ0) is 16.9. The number of hydrogen-bond acceptors (Lipinski definition) is 6. The van der Waals surface area contributed by atoms with Gasteiger partial charge in [0.1, 0.15) is 17.9 Å². The molecule has 1 aliphatic rings. The second-order valence-corrected chi connectivity index (χ2v) is 7.24. The highest BCUT2D eigenvalue weighted by atomic mass is 35.5. The van der Waals surface area contributed by atoms with Gasteiger partial charge in [-0.3, -0.25) is 4.90 Å². The lowest BCUT2D eigenvalue weighted by Crippen LogP contribution is -2.49. The standard InChI is InChI=1S/C15H21ClN4O3/c1-15(2,3)20-8(5-21)12(22)13(23)11(20)7-4-17-10-9(7)18-6-19-14(10)16/h4,6,8,11-13,17,21-23H,5H2,1-3H3/t8-,11+,12-,13+/m1/s1. The minimum atomic E-state index is -1.05. The highest BCUT2D eigenvalue weighted by Crippen LogP contribution is 2.43. The number of nitrogens with one attached hydrogen (secondary N) is 1. The van der Waals surface area contributed by atoms with Crippen LogP contribution in [-0.2, 0) is 0 Å². The predicted octanol–water partition coefficient (Wildman–Crippen LogP) is 0.849. The molecule has 4 N–H and O–H groups in total. The molecule has 0 aromatic carbocycles. The lowest BCUT2D eigenvalue weighted by atomic mass is 9.98. The molecule has 7 nitrogen and oxygen atoms in total. The van der Waals surface area contributed by atoms with Crippen molar-refractivity contribution < 1.29 is 15.3 Å². The molecule has 1 fully saturated rings. The Hall–Kier alpha value is -1.25. The van der Waals surface area contributed by atoms with E-state index in [0.29, 0.717) is 16.2 Å². The van der Waals surface area contributed by atoms with Gasteiger partial charge in [0.05, 0.1) is 30.3 Å². The second-order valence-electron chi connectivity index (χ2n) is 6.89. The average Bonchev–Trinajstić information content (AvgIpc) is 3.00. The summed E-state index contributed by atoms with van der Waals surface area (Å²) >= 11 is 6.08. The summed E-state index contributed by atoms with van der Waals surface area (Å²) in [6, 6.07) is -1.07. The molecule has 1 aliphatic heterocycles. The highest BCUT2D eigenvalue weighted by molar-refractivity contribution is 6.33. The van der Waals surface area contributed by atoms with Crippen LogP contribution in [0.4, 0.5) is 0 Å². The molecule has 8 heteroatoms. The van der Waals surface area contributed by atoms with E-state index in [4.69, 9.17) is 11.6 Å². The molecule has 4 atom stereocenters. The molecule has 0 unspecified atom stereocenters. The predicted molar refractivity (Wildman–Crippen MR) is 86.1 cm³/mol. The van der Waals surface area contributed by atoms with Crippen LogP contribution in [0, 0.1) is 0 Å². The van der Waals surface area contributed by atoms with Gasteiger partial charge in [0.2, 0.25) is 0 Å². The van der Waals surface area contributed by atoms with Gasteiger partial charge in [-0.25, -0.2) is 9.97 Å². The Morgan fingerprint density at radius 2 is 1.96 bits per heavy atom. The Kier molecular flexibility index (Phi) is 4.10. The van der Waals surface area contributed by atoms with Gasteiger partial charge in [-0.15, -0.1) is 0 Å². The monoisotopic (exact) mass is 340 g/mol. The topological polar surface area (TPSA) is 106 Å². The Labute approximate surface area is 138 Å². The number of rotatable bonds is 2. The minimum Gasteiger partial charge on any atom is -0.395 e. The van der Waals surface area contributed by atoms with Gasteiger partial charge in [0, 0.05) is 17.3 Å². The van der Waals surface area contributed by atoms with E-state index in [1.54, 1.807) is 6.20 Å². The zero-order valence-corrected chi connectivity index (χ0v) is 14.0. The second kappa shape index (κ2) is 5.68. The van der Waals surface area contributed by atoms with Crippen molar-refractivity contribution in [1.82, 2.24) is 19.9 Å². The molecule has 0 aliphatic carbocycles. The maximum Gasteiger partial charge on any atom is 0.156 e. The number of nitrogens with zero attached hydrogens (tertiary/aromatic N) is 3. The number of H-pyrrole nitrogens is 1. The molecular weight excluding hydrogens is 320 g/mol. The summed E-state index contributed by atoms with van der Waals surface area (Å²) in [6.45, 7) is 5.68. The first-order chi connectivity index (χ1) is 10.8. The number of aliphatic hydroxyl groups is 3. The van der Waals surface area contributed by atoms with Crippen molar-refractivity contribution in [2.75, 3.05) is 6.61 Å². The normalized spacial score (nSPS) is 29.5. The number of hydrogen-bond donors (Lipinski definition) is 4. The van der Waals surface area contributed by atoms with E-state index in [1.807, 2.05) is 25.7 Å². The number of aliphatic hydroxyl groups excluding tert-OH is 3. The molecule has 2 aromatic heterocycles. The molecule has 0 radical (unpaired) electrons. The van der Waals surface area contributed by atoms with Crippen molar-refractivity contribution in [3.63, 3.8) is 0 Å². The number of aromatic nitrogens is 3. The van der Waals surface area contributed by atoms with Gasteiger partial charge >= 0.3 is 0 Å². The Balaban J connectivity index is 2.16. The van der Waals surface area contributed by atoms with Crippen LogP contribution < -0.4 is 0 Å². The van der Waals surface area contributed by atoms with E-state index in [0.717, 1.165) is 5.56 Å². The molecule has 23 heavy (non-hydrogen) atoms. The van der Waals surface area contributed by atoms with Crippen LogP contribution >= 0.6 is 11.6 Å². The molecule has 1 saturated heterocycles.